The zero-order valence-corrected chi connectivity index (χ0v) is 12.0. The van der Waals surface area contributed by atoms with Gasteiger partial charge in [-0.3, -0.25) is 4.79 Å². The molecule has 1 atom stereocenters. The summed E-state index contributed by atoms with van der Waals surface area (Å²) in [6.45, 7) is 6.47. The fourth-order valence-corrected chi connectivity index (χ4v) is 1.95. The minimum absolute atomic E-state index is 0.000733. The lowest BCUT2D eigenvalue weighted by Gasteiger charge is -2.17. The highest BCUT2D eigenvalue weighted by Crippen LogP contribution is 2.14. The molecule has 0 aromatic heterocycles. The molecule has 0 aliphatic carbocycles. The van der Waals surface area contributed by atoms with Gasteiger partial charge in [0.15, 0.2) is 0 Å². The Bertz CT molecular complexity index is 178. The summed E-state index contributed by atoms with van der Waals surface area (Å²) in [5.74, 6) is 0.000733. The van der Waals surface area contributed by atoms with E-state index in [2.05, 4.69) is 20.8 Å². The Balaban J connectivity index is 3.75. The second kappa shape index (κ2) is 11.9. The quantitative estimate of drug-likeness (QED) is 0.382. The Hall–Kier alpha value is -0.530. The van der Waals surface area contributed by atoms with Crippen molar-refractivity contribution in [2.75, 3.05) is 0 Å². The molecule has 0 fully saturated rings. The summed E-state index contributed by atoms with van der Waals surface area (Å²) in [7, 11) is 0. The van der Waals surface area contributed by atoms with Gasteiger partial charge in [0.25, 0.3) is 0 Å². The SMILES string of the molecule is CCCCCCC(CCC)OC(=O)CCCC. The van der Waals surface area contributed by atoms with E-state index in [4.69, 9.17) is 4.74 Å². The van der Waals surface area contributed by atoms with Gasteiger partial charge in [-0.2, -0.15) is 0 Å². The van der Waals surface area contributed by atoms with Gasteiger partial charge in [0.1, 0.15) is 6.10 Å². The third-order valence-corrected chi connectivity index (χ3v) is 3.02. The minimum Gasteiger partial charge on any atom is -0.462 e. The van der Waals surface area contributed by atoms with Gasteiger partial charge < -0.3 is 4.74 Å². The van der Waals surface area contributed by atoms with Crippen LogP contribution in [0.15, 0.2) is 0 Å². The van der Waals surface area contributed by atoms with Gasteiger partial charge in [0, 0.05) is 6.42 Å². The fraction of sp³-hybridized carbons (Fsp3) is 0.933. The summed E-state index contributed by atoms with van der Waals surface area (Å²) in [4.78, 5) is 11.6. The predicted octanol–water partition coefficient (Wildman–Crippen LogP) is 4.86. The topological polar surface area (TPSA) is 26.3 Å². The van der Waals surface area contributed by atoms with Crippen molar-refractivity contribution in [3.05, 3.63) is 0 Å². The van der Waals surface area contributed by atoms with Crippen molar-refractivity contribution in [2.45, 2.75) is 91.1 Å². The monoisotopic (exact) mass is 242 g/mol. The number of hydrogen-bond acceptors (Lipinski definition) is 2. The first kappa shape index (κ1) is 16.5. The standard InChI is InChI=1S/C15H30O2/c1-4-7-9-10-12-14(11-6-3)17-15(16)13-8-5-2/h14H,4-13H2,1-3H3. The Morgan fingerprint density at radius 3 is 2.18 bits per heavy atom. The van der Waals surface area contributed by atoms with Crippen molar-refractivity contribution in [2.24, 2.45) is 0 Å². The van der Waals surface area contributed by atoms with E-state index in [1.807, 2.05) is 0 Å². The Kier molecular flexibility index (Phi) is 11.6. The highest BCUT2D eigenvalue weighted by atomic mass is 16.5. The number of unbranched alkanes of at least 4 members (excludes halogenated alkanes) is 4. The van der Waals surface area contributed by atoms with Gasteiger partial charge >= 0.3 is 5.97 Å². The molecule has 2 heteroatoms. The number of carbonyl (C=O) groups excluding carboxylic acids is 1. The van der Waals surface area contributed by atoms with Gasteiger partial charge in [-0.15, -0.1) is 0 Å². The molecule has 0 rings (SSSR count). The molecule has 0 heterocycles. The second-order valence-electron chi connectivity index (χ2n) is 4.85. The van der Waals surface area contributed by atoms with E-state index in [0.29, 0.717) is 6.42 Å². The number of ether oxygens (including phenoxy) is 1. The molecule has 0 radical (unpaired) electrons. The van der Waals surface area contributed by atoms with Crippen molar-refractivity contribution < 1.29 is 9.53 Å². The summed E-state index contributed by atoms with van der Waals surface area (Å²) in [6.07, 6.45) is 10.9. The van der Waals surface area contributed by atoms with E-state index in [1.165, 1.54) is 25.7 Å². The molecule has 0 aliphatic rings. The summed E-state index contributed by atoms with van der Waals surface area (Å²) < 4.78 is 5.53. The van der Waals surface area contributed by atoms with Crippen LogP contribution in [0, 0.1) is 0 Å². The Labute approximate surface area is 107 Å². The van der Waals surface area contributed by atoms with Crippen molar-refractivity contribution in [1.29, 1.82) is 0 Å². The van der Waals surface area contributed by atoms with E-state index >= 15 is 0 Å². The zero-order chi connectivity index (χ0) is 12.9. The highest BCUT2D eigenvalue weighted by Gasteiger charge is 2.12. The normalized spacial score (nSPS) is 12.4. The lowest BCUT2D eigenvalue weighted by Crippen LogP contribution is -2.18. The zero-order valence-electron chi connectivity index (χ0n) is 12.0. The second-order valence-corrected chi connectivity index (χ2v) is 4.85. The smallest absolute Gasteiger partial charge is 0.306 e. The van der Waals surface area contributed by atoms with Crippen LogP contribution in [-0.2, 0) is 9.53 Å². The highest BCUT2D eigenvalue weighted by molar-refractivity contribution is 5.69. The maximum atomic E-state index is 11.6. The van der Waals surface area contributed by atoms with E-state index in [1.54, 1.807) is 0 Å². The lowest BCUT2D eigenvalue weighted by atomic mass is 10.1. The molecule has 0 bridgehead atoms. The van der Waals surface area contributed by atoms with Crippen LogP contribution in [0.2, 0.25) is 0 Å². The van der Waals surface area contributed by atoms with Crippen LogP contribution in [0.25, 0.3) is 0 Å². The van der Waals surface area contributed by atoms with Crippen molar-refractivity contribution in [3.8, 4) is 0 Å². The van der Waals surface area contributed by atoms with Gasteiger partial charge in [0.2, 0.25) is 0 Å². The summed E-state index contributed by atoms with van der Waals surface area (Å²) in [6, 6.07) is 0. The van der Waals surface area contributed by atoms with Crippen LogP contribution < -0.4 is 0 Å². The first-order valence-corrected chi connectivity index (χ1v) is 7.44. The average molecular weight is 242 g/mol. The molecule has 0 amide bonds. The van der Waals surface area contributed by atoms with Crippen molar-refractivity contribution in [3.63, 3.8) is 0 Å². The Morgan fingerprint density at radius 2 is 1.59 bits per heavy atom. The molecule has 0 saturated heterocycles. The van der Waals surface area contributed by atoms with Crippen LogP contribution in [0.1, 0.15) is 85.0 Å². The molecule has 0 N–H and O–H groups in total. The summed E-state index contributed by atoms with van der Waals surface area (Å²) >= 11 is 0. The number of rotatable bonds is 11. The van der Waals surface area contributed by atoms with Crippen molar-refractivity contribution in [1.82, 2.24) is 0 Å². The van der Waals surface area contributed by atoms with E-state index in [9.17, 15) is 4.79 Å². The van der Waals surface area contributed by atoms with Crippen LogP contribution in [-0.4, -0.2) is 12.1 Å². The molecule has 102 valence electrons. The third kappa shape index (κ3) is 10.3. The van der Waals surface area contributed by atoms with Crippen molar-refractivity contribution >= 4 is 5.97 Å². The predicted molar refractivity (Wildman–Crippen MR) is 73.1 cm³/mol. The molecular formula is C15H30O2. The molecule has 1 unspecified atom stereocenters. The van der Waals surface area contributed by atoms with Gasteiger partial charge in [-0.05, 0) is 25.7 Å². The average Bonchev–Trinajstić information content (AvgIpc) is 2.32. The summed E-state index contributed by atoms with van der Waals surface area (Å²) in [5.41, 5.74) is 0. The first-order valence-electron chi connectivity index (χ1n) is 7.44. The lowest BCUT2D eigenvalue weighted by molar-refractivity contribution is -0.149. The minimum atomic E-state index is 0.000733. The maximum absolute atomic E-state index is 11.6. The molecule has 2 nitrogen and oxygen atoms in total. The summed E-state index contributed by atoms with van der Waals surface area (Å²) in [5, 5.41) is 0. The van der Waals surface area contributed by atoms with Gasteiger partial charge in [-0.25, -0.2) is 0 Å². The maximum Gasteiger partial charge on any atom is 0.306 e. The molecule has 0 aromatic rings. The van der Waals surface area contributed by atoms with E-state index in [-0.39, 0.29) is 12.1 Å². The van der Waals surface area contributed by atoms with Crippen LogP contribution in [0.4, 0.5) is 0 Å². The van der Waals surface area contributed by atoms with Gasteiger partial charge in [0.05, 0.1) is 0 Å². The Morgan fingerprint density at radius 1 is 0.882 bits per heavy atom. The van der Waals surface area contributed by atoms with Crippen LogP contribution in [0.3, 0.4) is 0 Å². The number of esters is 1. The van der Waals surface area contributed by atoms with E-state index < -0.39 is 0 Å². The largest absolute Gasteiger partial charge is 0.462 e. The number of carbonyl (C=O) groups is 1. The molecule has 0 aromatic carbocycles. The third-order valence-electron chi connectivity index (χ3n) is 3.02. The molecule has 0 saturated carbocycles. The molecular weight excluding hydrogens is 212 g/mol. The van der Waals surface area contributed by atoms with Gasteiger partial charge in [-0.1, -0.05) is 52.9 Å². The molecule has 0 aliphatic heterocycles. The van der Waals surface area contributed by atoms with Crippen LogP contribution >= 0.6 is 0 Å². The number of hydrogen-bond donors (Lipinski definition) is 0. The fourth-order valence-electron chi connectivity index (χ4n) is 1.95. The molecule has 0 spiro atoms. The van der Waals surface area contributed by atoms with Crippen LogP contribution in [0.5, 0.6) is 0 Å². The molecule has 17 heavy (non-hydrogen) atoms. The van der Waals surface area contributed by atoms with E-state index in [0.717, 1.165) is 32.1 Å². The first-order chi connectivity index (χ1) is 8.24.